The first-order chi connectivity index (χ1) is 12.1. The maximum Gasteiger partial charge on any atom is 0.340 e. The molecule has 0 aliphatic carbocycles. The van der Waals surface area contributed by atoms with Crippen molar-refractivity contribution in [1.29, 1.82) is 0 Å². The van der Waals surface area contributed by atoms with E-state index in [-0.39, 0.29) is 17.4 Å². The van der Waals surface area contributed by atoms with Crippen molar-refractivity contribution in [3.8, 4) is 11.5 Å². The van der Waals surface area contributed by atoms with Crippen molar-refractivity contribution >= 4 is 40.9 Å². The largest absolute Gasteiger partial charge is 0.454 e. The van der Waals surface area contributed by atoms with E-state index in [1.807, 2.05) is 6.26 Å². The zero-order valence-corrected chi connectivity index (χ0v) is 14.8. The van der Waals surface area contributed by atoms with Crippen LogP contribution < -0.4 is 14.8 Å². The number of hydrogen-bond donors (Lipinski definition) is 1. The van der Waals surface area contributed by atoms with E-state index in [1.165, 1.54) is 11.8 Å². The highest BCUT2D eigenvalue weighted by molar-refractivity contribution is 7.98. The average molecular weight is 380 g/mol. The van der Waals surface area contributed by atoms with Crippen LogP contribution in [0.2, 0.25) is 5.02 Å². The molecule has 1 heterocycles. The molecule has 0 bridgehead atoms. The van der Waals surface area contributed by atoms with E-state index < -0.39 is 18.5 Å². The normalized spacial score (nSPS) is 11.9. The van der Waals surface area contributed by atoms with E-state index in [0.717, 1.165) is 4.90 Å². The summed E-state index contributed by atoms with van der Waals surface area (Å²) in [5, 5.41) is 2.90. The Labute approximate surface area is 153 Å². The number of carbonyl (C=O) groups excluding carboxylic acids is 2. The van der Waals surface area contributed by atoms with Crippen molar-refractivity contribution in [2.45, 2.75) is 4.90 Å². The van der Waals surface area contributed by atoms with Gasteiger partial charge in [-0.05, 0) is 36.6 Å². The standard InChI is InChI=1S/C17H14ClNO5S/c1-25-11-3-4-13(18)12(7-11)17(21)22-8-16(20)19-10-2-5-14-15(6-10)24-9-23-14/h2-7H,8-9H2,1H3,(H,19,20). The fourth-order valence-electron chi connectivity index (χ4n) is 2.17. The van der Waals surface area contributed by atoms with Crippen LogP contribution >= 0.6 is 23.4 Å². The lowest BCUT2D eigenvalue weighted by Gasteiger charge is -2.09. The molecule has 3 rings (SSSR count). The number of nitrogens with one attached hydrogen (secondary N) is 1. The monoisotopic (exact) mass is 379 g/mol. The number of amides is 1. The Morgan fingerprint density at radius 1 is 1.20 bits per heavy atom. The Kier molecular flexibility index (Phi) is 5.35. The molecule has 0 aromatic heterocycles. The Bertz CT molecular complexity index is 827. The van der Waals surface area contributed by atoms with Gasteiger partial charge in [0, 0.05) is 16.6 Å². The maximum atomic E-state index is 12.1. The molecule has 1 aliphatic rings. The van der Waals surface area contributed by atoms with Crippen molar-refractivity contribution in [2.75, 3.05) is 25.0 Å². The first-order valence-electron chi connectivity index (χ1n) is 7.27. The number of thioether (sulfide) groups is 1. The molecular formula is C17H14ClNO5S. The summed E-state index contributed by atoms with van der Waals surface area (Å²) in [6.07, 6.45) is 1.89. The Morgan fingerprint density at radius 2 is 2.00 bits per heavy atom. The minimum atomic E-state index is -0.651. The van der Waals surface area contributed by atoms with Crippen molar-refractivity contribution in [3.63, 3.8) is 0 Å². The van der Waals surface area contributed by atoms with Gasteiger partial charge >= 0.3 is 5.97 Å². The molecule has 2 aromatic carbocycles. The molecule has 0 radical (unpaired) electrons. The molecule has 8 heteroatoms. The van der Waals surface area contributed by atoms with Gasteiger partial charge in [0.2, 0.25) is 6.79 Å². The molecule has 1 aliphatic heterocycles. The second-order valence-electron chi connectivity index (χ2n) is 5.04. The van der Waals surface area contributed by atoms with E-state index in [1.54, 1.807) is 36.4 Å². The van der Waals surface area contributed by atoms with E-state index in [9.17, 15) is 9.59 Å². The van der Waals surface area contributed by atoms with Crippen LogP contribution in [-0.2, 0) is 9.53 Å². The Morgan fingerprint density at radius 3 is 2.80 bits per heavy atom. The van der Waals surface area contributed by atoms with Crippen molar-refractivity contribution in [2.24, 2.45) is 0 Å². The van der Waals surface area contributed by atoms with Crippen LogP contribution in [0.25, 0.3) is 0 Å². The lowest BCUT2D eigenvalue weighted by Crippen LogP contribution is -2.21. The minimum Gasteiger partial charge on any atom is -0.454 e. The topological polar surface area (TPSA) is 73.9 Å². The molecule has 0 fully saturated rings. The second kappa shape index (κ2) is 7.67. The van der Waals surface area contributed by atoms with Gasteiger partial charge in [0.1, 0.15) is 0 Å². The summed E-state index contributed by atoms with van der Waals surface area (Å²) in [5.41, 5.74) is 0.747. The summed E-state index contributed by atoms with van der Waals surface area (Å²) in [6.45, 7) is -0.271. The van der Waals surface area contributed by atoms with Crippen LogP contribution in [-0.4, -0.2) is 31.5 Å². The van der Waals surface area contributed by atoms with Crippen LogP contribution in [0.4, 0.5) is 5.69 Å². The van der Waals surface area contributed by atoms with Gasteiger partial charge in [-0.15, -0.1) is 11.8 Å². The third-order valence-corrected chi connectivity index (χ3v) is 4.44. The van der Waals surface area contributed by atoms with Crippen LogP contribution in [0.1, 0.15) is 10.4 Å². The zero-order valence-electron chi connectivity index (χ0n) is 13.2. The van der Waals surface area contributed by atoms with Crippen LogP contribution in [0.5, 0.6) is 11.5 Å². The number of esters is 1. The third kappa shape index (κ3) is 4.18. The molecule has 6 nitrogen and oxygen atoms in total. The molecule has 1 amide bonds. The smallest absolute Gasteiger partial charge is 0.340 e. The van der Waals surface area contributed by atoms with Crippen LogP contribution in [0, 0.1) is 0 Å². The summed E-state index contributed by atoms with van der Waals surface area (Å²) in [7, 11) is 0. The van der Waals surface area contributed by atoms with Gasteiger partial charge in [0.25, 0.3) is 5.91 Å². The number of hydrogen-bond acceptors (Lipinski definition) is 6. The summed E-state index contributed by atoms with van der Waals surface area (Å²) in [5.74, 6) is 0.0503. The third-order valence-electron chi connectivity index (χ3n) is 3.38. The van der Waals surface area contributed by atoms with Crippen molar-refractivity contribution in [1.82, 2.24) is 0 Å². The molecular weight excluding hydrogens is 366 g/mol. The van der Waals surface area contributed by atoms with Crippen molar-refractivity contribution in [3.05, 3.63) is 47.0 Å². The quantitative estimate of drug-likeness (QED) is 0.632. The molecule has 0 atom stereocenters. The van der Waals surface area contributed by atoms with Crippen molar-refractivity contribution < 1.29 is 23.8 Å². The molecule has 0 saturated heterocycles. The van der Waals surface area contributed by atoms with E-state index >= 15 is 0 Å². The van der Waals surface area contributed by atoms with E-state index in [2.05, 4.69) is 5.32 Å². The van der Waals surface area contributed by atoms with Gasteiger partial charge in [-0.2, -0.15) is 0 Å². The van der Waals surface area contributed by atoms with Crippen LogP contribution in [0.3, 0.4) is 0 Å². The number of carbonyl (C=O) groups is 2. The highest BCUT2D eigenvalue weighted by Gasteiger charge is 2.16. The Balaban J connectivity index is 1.58. The molecule has 0 unspecified atom stereocenters. The molecule has 0 spiro atoms. The minimum absolute atomic E-state index is 0.153. The van der Waals surface area contributed by atoms with Gasteiger partial charge in [-0.1, -0.05) is 11.6 Å². The molecule has 2 aromatic rings. The fraction of sp³-hybridized carbons (Fsp3) is 0.176. The summed E-state index contributed by atoms with van der Waals surface area (Å²) in [4.78, 5) is 24.9. The van der Waals surface area contributed by atoms with Crippen LogP contribution in [0.15, 0.2) is 41.3 Å². The predicted octanol–water partition coefficient (Wildman–Crippen LogP) is 3.59. The molecule has 0 saturated carbocycles. The summed E-state index contributed by atoms with van der Waals surface area (Å²) >= 11 is 7.49. The number of fused-ring (bicyclic) bond motifs is 1. The van der Waals surface area contributed by atoms with Gasteiger partial charge in [-0.25, -0.2) is 4.79 Å². The fourth-order valence-corrected chi connectivity index (χ4v) is 2.80. The van der Waals surface area contributed by atoms with E-state index in [4.69, 9.17) is 25.8 Å². The predicted molar refractivity (Wildman–Crippen MR) is 94.7 cm³/mol. The number of anilines is 1. The lowest BCUT2D eigenvalue weighted by molar-refractivity contribution is -0.119. The van der Waals surface area contributed by atoms with Gasteiger partial charge in [0.05, 0.1) is 10.6 Å². The average Bonchev–Trinajstić information content (AvgIpc) is 3.08. The van der Waals surface area contributed by atoms with E-state index in [0.29, 0.717) is 17.2 Å². The first kappa shape index (κ1) is 17.4. The maximum absolute atomic E-state index is 12.1. The number of benzene rings is 2. The highest BCUT2D eigenvalue weighted by Crippen LogP contribution is 2.34. The number of halogens is 1. The molecule has 130 valence electrons. The SMILES string of the molecule is CSc1ccc(Cl)c(C(=O)OCC(=O)Nc2ccc3c(c2)OCO3)c1. The molecule has 25 heavy (non-hydrogen) atoms. The van der Waals surface area contributed by atoms with Gasteiger partial charge in [-0.3, -0.25) is 4.79 Å². The summed E-state index contributed by atoms with van der Waals surface area (Å²) < 4.78 is 15.5. The second-order valence-corrected chi connectivity index (χ2v) is 6.32. The summed E-state index contributed by atoms with van der Waals surface area (Å²) in [6, 6.07) is 10.1. The first-order valence-corrected chi connectivity index (χ1v) is 8.87. The highest BCUT2D eigenvalue weighted by atomic mass is 35.5. The van der Waals surface area contributed by atoms with Gasteiger partial charge < -0.3 is 19.5 Å². The lowest BCUT2D eigenvalue weighted by atomic mass is 10.2. The number of ether oxygens (including phenoxy) is 3. The number of rotatable bonds is 5. The van der Waals surface area contributed by atoms with Gasteiger partial charge in [0.15, 0.2) is 18.1 Å². The zero-order chi connectivity index (χ0) is 17.8. The molecule has 1 N–H and O–H groups in total. The Hall–Kier alpha value is -2.38.